The van der Waals surface area contributed by atoms with E-state index in [1.165, 1.54) is 0 Å². The van der Waals surface area contributed by atoms with E-state index in [2.05, 4.69) is 11.9 Å². The molecule has 3 nitrogen and oxygen atoms in total. The molecule has 1 atom stereocenters. The number of rotatable bonds is 6. The van der Waals surface area contributed by atoms with E-state index < -0.39 is 0 Å². The first-order chi connectivity index (χ1) is 7.70. The first kappa shape index (κ1) is 13.2. The lowest BCUT2D eigenvalue weighted by Gasteiger charge is -2.14. The first-order valence-electron chi connectivity index (χ1n) is 5.77. The van der Waals surface area contributed by atoms with E-state index >= 15 is 0 Å². The standard InChI is InChI=1S/C12H19NO2S/c1-4-6-7-10(12(14)15-5-2)11-9(3)13-8-16-11/h8,10H,4-7H2,1-3H3. The highest BCUT2D eigenvalue weighted by molar-refractivity contribution is 7.10. The minimum Gasteiger partial charge on any atom is -0.465 e. The quantitative estimate of drug-likeness (QED) is 0.717. The molecular formula is C12H19NO2S. The number of ether oxygens (including phenoxy) is 1. The normalized spacial score (nSPS) is 12.4. The molecule has 90 valence electrons. The molecule has 0 amide bonds. The smallest absolute Gasteiger partial charge is 0.314 e. The molecule has 0 aliphatic rings. The molecule has 4 heteroatoms. The summed E-state index contributed by atoms with van der Waals surface area (Å²) in [5, 5.41) is 0. The maximum absolute atomic E-state index is 11.9. The number of aryl methyl sites for hydroxylation is 1. The van der Waals surface area contributed by atoms with Crippen LogP contribution in [0.25, 0.3) is 0 Å². The summed E-state index contributed by atoms with van der Waals surface area (Å²) in [5.41, 5.74) is 2.75. The number of thiazole rings is 1. The number of nitrogens with zero attached hydrogens (tertiary/aromatic N) is 1. The predicted molar refractivity (Wildman–Crippen MR) is 65.8 cm³/mol. The van der Waals surface area contributed by atoms with Crippen LogP contribution in [0.3, 0.4) is 0 Å². The molecule has 1 unspecified atom stereocenters. The van der Waals surface area contributed by atoms with Crippen LogP contribution in [0.5, 0.6) is 0 Å². The van der Waals surface area contributed by atoms with Crippen LogP contribution in [0.15, 0.2) is 5.51 Å². The molecular weight excluding hydrogens is 222 g/mol. The fraction of sp³-hybridized carbons (Fsp3) is 0.667. The Hall–Kier alpha value is -0.900. The molecule has 0 aliphatic carbocycles. The molecule has 1 heterocycles. The van der Waals surface area contributed by atoms with Gasteiger partial charge in [-0.25, -0.2) is 4.98 Å². The number of carbonyl (C=O) groups excluding carboxylic acids is 1. The molecule has 1 aromatic heterocycles. The van der Waals surface area contributed by atoms with E-state index in [0.717, 1.165) is 29.8 Å². The molecule has 0 saturated heterocycles. The van der Waals surface area contributed by atoms with Gasteiger partial charge in [-0.2, -0.15) is 0 Å². The van der Waals surface area contributed by atoms with E-state index in [-0.39, 0.29) is 11.9 Å². The van der Waals surface area contributed by atoms with Crippen molar-refractivity contribution < 1.29 is 9.53 Å². The Morgan fingerprint density at radius 2 is 2.31 bits per heavy atom. The molecule has 0 aliphatic heterocycles. The summed E-state index contributed by atoms with van der Waals surface area (Å²) in [5.74, 6) is -0.226. The van der Waals surface area contributed by atoms with E-state index in [9.17, 15) is 4.79 Å². The first-order valence-corrected chi connectivity index (χ1v) is 6.65. The Bertz CT molecular complexity index is 336. The van der Waals surface area contributed by atoms with E-state index in [4.69, 9.17) is 4.74 Å². The van der Waals surface area contributed by atoms with Gasteiger partial charge in [-0.15, -0.1) is 11.3 Å². The monoisotopic (exact) mass is 241 g/mol. The van der Waals surface area contributed by atoms with Crippen molar-refractivity contribution in [3.8, 4) is 0 Å². The van der Waals surface area contributed by atoms with Crippen LogP contribution >= 0.6 is 11.3 Å². The Morgan fingerprint density at radius 1 is 1.56 bits per heavy atom. The zero-order valence-corrected chi connectivity index (χ0v) is 11.0. The van der Waals surface area contributed by atoms with Crippen LogP contribution in [-0.2, 0) is 9.53 Å². The Labute approximate surface area is 101 Å². The molecule has 0 fully saturated rings. The number of aromatic nitrogens is 1. The third-order valence-electron chi connectivity index (χ3n) is 2.52. The van der Waals surface area contributed by atoms with Gasteiger partial charge in [0.1, 0.15) is 0 Å². The van der Waals surface area contributed by atoms with Gasteiger partial charge in [0.15, 0.2) is 0 Å². The summed E-state index contributed by atoms with van der Waals surface area (Å²) in [6.07, 6.45) is 2.99. The molecule has 0 bridgehead atoms. The van der Waals surface area contributed by atoms with Crippen molar-refractivity contribution in [1.29, 1.82) is 0 Å². The Kier molecular flexibility index (Phi) is 5.46. The topological polar surface area (TPSA) is 39.2 Å². The molecule has 16 heavy (non-hydrogen) atoms. The van der Waals surface area contributed by atoms with Gasteiger partial charge < -0.3 is 4.74 Å². The van der Waals surface area contributed by atoms with Gasteiger partial charge in [-0.3, -0.25) is 4.79 Å². The van der Waals surface area contributed by atoms with Crippen molar-refractivity contribution in [3.63, 3.8) is 0 Å². The summed E-state index contributed by atoms with van der Waals surface area (Å²) in [6, 6.07) is 0. The molecule has 0 radical (unpaired) electrons. The van der Waals surface area contributed by atoms with Crippen molar-refractivity contribution in [2.75, 3.05) is 6.61 Å². The van der Waals surface area contributed by atoms with Crippen molar-refractivity contribution in [2.24, 2.45) is 0 Å². The van der Waals surface area contributed by atoms with E-state index in [0.29, 0.717) is 6.61 Å². The minimum atomic E-state index is -0.118. The average molecular weight is 241 g/mol. The van der Waals surface area contributed by atoms with Gasteiger partial charge in [0.2, 0.25) is 0 Å². The van der Waals surface area contributed by atoms with Gasteiger partial charge in [-0.1, -0.05) is 19.8 Å². The summed E-state index contributed by atoms with van der Waals surface area (Å²) < 4.78 is 5.12. The zero-order chi connectivity index (χ0) is 12.0. The molecule has 0 saturated carbocycles. The second-order valence-electron chi connectivity index (χ2n) is 3.75. The fourth-order valence-corrected chi connectivity index (χ4v) is 2.58. The van der Waals surface area contributed by atoms with Crippen molar-refractivity contribution in [2.45, 2.75) is 46.0 Å². The maximum atomic E-state index is 11.9. The molecule has 0 spiro atoms. The van der Waals surface area contributed by atoms with Crippen LogP contribution in [0.4, 0.5) is 0 Å². The summed E-state index contributed by atoms with van der Waals surface area (Å²) in [7, 11) is 0. The molecule has 1 rings (SSSR count). The Balaban J connectivity index is 2.78. The number of hydrogen-bond donors (Lipinski definition) is 0. The SMILES string of the molecule is CCCCC(C(=O)OCC)c1scnc1C. The third-order valence-corrected chi connectivity index (χ3v) is 3.56. The van der Waals surface area contributed by atoms with Crippen LogP contribution < -0.4 is 0 Å². The number of hydrogen-bond acceptors (Lipinski definition) is 4. The lowest BCUT2D eigenvalue weighted by molar-refractivity contribution is -0.145. The van der Waals surface area contributed by atoms with Crippen LogP contribution in [0.1, 0.15) is 49.6 Å². The second-order valence-corrected chi connectivity index (χ2v) is 4.64. The highest BCUT2D eigenvalue weighted by atomic mass is 32.1. The minimum absolute atomic E-state index is 0.108. The largest absolute Gasteiger partial charge is 0.465 e. The van der Waals surface area contributed by atoms with Crippen LogP contribution in [-0.4, -0.2) is 17.6 Å². The maximum Gasteiger partial charge on any atom is 0.314 e. The third kappa shape index (κ3) is 3.30. The predicted octanol–water partition coefficient (Wildman–Crippen LogP) is 3.29. The summed E-state index contributed by atoms with van der Waals surface area (Å²) in [6.45, 7) is 6.36. The highest BCUT2D eigenvalue weighted by Gasteiger charge is 2.24. The lowest BCUT2D eigenvalue weighted by atomic mass is 9.99. The van der Waals surface area contributed by atoms with E-state index in [1.807, 2.05) is 13.8 Å². The number of carbonyl (C=O) groups is 1. The van der Waals surface area contributed by atoms with Gasteiger partial charge in [0.25, 0.3) is 0 Å². The zero-order valence-electron chi connectivity index (χ0n) is 10.2. The van der Waals surface area contributed by atoms with Gasteiger partial charge in [0.05, 0.1) is 23.7 Å². The lowest BCUT2D eigenvalue weighted by Crippen LogP contribution is -2.16. The molecule has 1 aromatic rings. The van der Waals surface area contributed by atoms with Crippen LogP contribution in [0.2, 0.25) is 0 Å². The van der Waals surface area contributed by atoms with Crippen molar-refractivity contribution in [1.82, 2.24) is 4.98 Å². The van der Waals surface area contributed by atoms with Gasteiger partial charge in [0, 0.05) is 4.88 Å². The average Bonchev–Trinajstić information content (AvgIpc) is 2.66. The summed E-state index contributed by atoms with van der Waals surface area (Å²) in [4.78, 5) is 17.1. The molecule has 0 aromatic carbocycles. The number of esters is 1. The van der Waals surface area contributed by atoms with Crippen molar-refractivity contribution >= 4 is 17.3 Å². The highest BCUT2D eigenvalue weighted by Crippen LogP contribution is 2.29. The second kappa shape index (κ2) is 6.63. The summed E-state index contributed by atoms with van der Waals surface area (Å²) >= 11 is 1.55. The Morgan fingerprint density at radius 3 is 2.81 bits per heavy atom. The van der Waals surface area contributed by atoms with Crippen molar-refractivity contribution in [3.05, 3.63) is 16.1 Å². The van der Waals surface area contributed by atoms with Gasteiger partial charge in [-0.05, 0) is 20.3 Å². The molecule has 0 N–H and O–H groups in total. The number of unbranched alkanes of at least 4 members (excludes halogenated alkanes) is 1. The van der Waals surface area contributed by atoms with E-state index in [1.54, 1.807) is 16.8 Å². The fourth-order valence-electron chi connectivity index (χ4n) is 1.65. The van der Waals surface area contributed by atoms with Crippen LogP contribution in [0, 0.1) is 6.92 Å². The van der Waals surface area contributed by atoms with Gasteiger partial charge >= 0.3 is 5.97 Å².